The Morgan fingerprint density at radius 2 is 1.24 bits per heavy atom. The van der Waals surface area contributed by atoms with E-state index >= 15 is 0 Å². The predicted molar refractivity (Wildman–Crippen MR) is 170 cm³/mol. The first-order valence-corrected chi connectivity index (χ1v) is 13.7. The topological polar surface area (TPSA) is 46.2 Å². The number of hydrogen-bond acceptors (Lipinski definition) is 2. The highest BCUT2D eigenvalue weighted by atomic mass is 16.3. The molecule has 0 atom stereocenters. The highest BCUT2D eigenvalue weighted by molar-refractivity contribution is 6.10. The van der Waals surface area contributed by atoms with Gasteiger partial charge in [-0.2, -0.15) is 5.26 Å². The van der Waals surface area contributed by atoms with Crippen molar-refractivity contribution in [1.29, 1.82) is 5.26 Å². The van der Waals surface area contributed by atoms with Crippen LogP contribution in [0.25, 0.3) is 76.5 Å². The molecular weight excluding hydrogens is 514 g/mol. The molecule has 0 radical (unpaired) electrons. The maximum atomic E-state index is 10.1. The largest absolute Gasteiger partial charge is 0.456 e. The van der Waals surface area contributed by atoms with Crippen molar-refractivity contribution >= 4 is 49.4 Å². The third kappa shape index (κ3) is 3.47. The van der Waals surface area contributed by atoms with E-state index in [1.807, 2.05) is 78.9 Å². The molecule has 8 aromatic rings. The predicted octanol–water partition coefficient (Wildman–Crippen LogP) is 10.4. The van der Waals surface area contributed by atoms with Crippen molar-refractivity contribution in [3.8, 4) is 34.0 Å². The van der Waals surface area contributed by atoms with E-state index in [9.17, 15) is 5.26 Å². The zero-order valence-corrected chi connectivity index (χ0v) is 22.4. The molecule has 42 heavy (non-hydrogen) atoms. The van der Waals surface area contributed by atoms with Gasteiger partial charge in [0.15, 0.2) is 0 Å². The number of hydrogen-bond donors (Lipinski definition) is 0. The molecule has 2 heterocycles. The van der Waals surface area contributed by atoms with Crippen LogP contribution < -0.4 is 0 Å². The number of aromatic nitrogens is 1. The minimum Gasteiger partial charge on any atom is -0.456 e. The van der Waals surface area contributed by atoms with Crippen LogP contribution in [0.5, 0.6) is 0 Å². The molecule has 6 aromatic carbocycles. The van der Waals surface area contributed by atoms with Gasteiger partial charge in [0.2, 0.25) is 5.69 Å². The van der Waals surface area contributed by atoms with E-state index in [1.54, 1.807) is 0 Å². The average molecular weight is 536 g/mol. The molecule has 0 fully saturated rings. The summed E-state index contributed by atoms with van der Waals surface area (Å²) >= 11 is 0. The quantitative estimate of drug-likeness (QED) is 0.211. The SMILES string of the molecule is [C-]#[N+]c1cccc(-c2ccc(C#N)c(-c3ccc4oc5ccccc5c4c3)c2)c1-n1c2ccccc2c2ccccc21. The Kier molecular flexibility index (Phi) is 5.22. The second-order valence-corrected chi connectivity index (χ2v) is 10.3. The minimum absolute atomic E-state index is 0.566. The van der Waals surface area contributed by atoms with Gasteiger partial charge in [-0.1, -0.05) is 84.9 Å². The standard InChI is InChI=1S/C38H21N3O/c1-40-33-13-8-12-27(38(33)41-34-14-5-2-9-28(34)29-10-3-6-15-35(29)41)24-17-18-26(23-39)31(21-24)25-19-20-37-32(22-25)30-11-4-7-16-36(30)42-37/h2-22H. The molecule has 8 rings (SSSR count). The fourth-order valence-corrected chi connectivity index (χ4v) is 6.19. The third-order valence-corrected chi connectivity index (χ3v) is 8.08. The zero-order chi connectivity index (χ0) is 28.2. The van der Waals surface area contributed by atoms with E-state index in [-0.39, 0.29) is 0 Å². The molecule has 0 bridgehead atoms. The first-order chi connectivity index (χ1) is 20.7. The number of nitriles is 1. The second-order valence-electron chi connectivity index (χ2n) is 10.3. The molecule has 0 saturated carbocycles. The van der Waals surface area contributed by atoms with Gasteiger partial charge in [0, 0.05) is 27.1 Å². The van der Waals surface area contributed by atoms with Crippen molar-refractivity contribution in [3.05, 3.63) is 144 Å². The minimum atomic E-state index is 0.566. The summed E-state index contributed by atoms with van der Waals surface area (Å²) in [6, 6.07) is 44.9. The Balaban J connectivity index is 1.40. The average Bonchev–Trinajstić information content (AvgIpc) is 3.59. The molecule has 2 aromatic heterocycles. The lowest BCUT2D eigenvalue weighted by Gasteiger charge is -2.17. The summed E-state index contributed by atoms with van der Waals surface area (Å²) in [5.74, 6) is 0. The molecule has 0 unspecified atom stereocenters. The second kappa shape index (κ2) is 9.24. The molecule has 4 heteroatoms. The van der Waals surface area contributed by atoms with E-state index in [0.717, 1.165) is 71.7 Å². The van der Waals surface area contributed by atoms with E-state index in [1.165, 1.54) is 0 Å². The number of fused-ring (bicyclic) bond motifs is 6. The summed E-state index contributed by atoms with van der Waals surface area (Å²) in [7, 11) is 0. The molecule has 0 amide bonds. The maximum absolute atomic E-state index is 10.1. The van der Waals surface area contributed by atoms with E-state index in [2.05, 4.69) is 64.0 Å². The zero-order valence-electron chi connectivity index (χ0n) is 22.4. The molecule has 0 saturated heterocycles. The number of rotatable bonds is 3. The monoisotopic (exact) mass is 535 g/mol. The van der Waals surface area contributed by atoms with Crippen LogP contribution in [0.4, 0.5) is 5.69 Å². The van der Waals surface area contributed by atoms with Gasteiger partial charge < -0.3 is 8.98 Å². The first-order valence-electron chi connectivity index (χ1n) is 13.7. The van der Waals surface area contributed by atoms with Crippen LogP contribution in [0, 0.1) is 17.9 Å². The van der Waals surface area contributed by atoms with Crippen molar-refractivity contribution in [1.82, 2.24) is 4.57 Å². The van der Waals surface area contributed by atoms with Gasteiger partial charge >= 0.3 is 0 Å². The summed E-state index contributed by atoms with van der Waals surface area (Å²) in [6.07, 6.45) is 0. The van der Waals surface area contributed by atoms with Crippen LogP contribution in [0.3, 0.4) is 0 Å². The van der Waals surface area contributed by atoms with Crippen LogP contribution in [-0.4, -0.2) is 4.57 Å². The van der Waals surface area contributed by atoms with Crippen molar-refractivity contribution in [2.45, 2.75) is 0 Å². The fourth-order valence-electron chi connectivity index (χ4n) is 6.19. The van der Waals surface area contributed by atoms with Gasteiger partial charge in [0.05, 0.1) is 34.9 Å². The molecule has 4 nitrogen and oxygen atoms in total. The molecule has 0 aliphatic heterocycles. The summed E-state index contributed by atoms with van der Waals surface area (Å²) < 4.78 is 8.25. The fraction of sp³-hybridized carbons (Fsp3) is 0. The van der Waals surface area contributed by atoms with E-state index in [4.69, 9.17) is 11.0 Å². The van der Waals surface area contributed by atoms with Gasteiger partial charge in [-0.25, -0.2) is 4.85 Å². The van der Waals surface area contributed by atoms with E-state index in [0.29, 0.717) is 11.3 Å². The summed E-state index contributed by atoms with van der Waals surface area (Å²) in [5, 5.41) is 14.4. The van der Waals surface area contributed by atoms with Gasteiger partial charge in [0.1, 0.15) is 11.2 Å². The Labute approximate surface area is 241 Å². The van der Waals surface area contributed by atoms with Crippen LogP contribution in [0.2, 0.25) is 0 Å². The molecule has 0 aliphatic rings. The van der Waals surface area contributed by atoms with Crippen LogP contribution in [0.15, 0.2) is 132 Å². The molecule has 0 spiro atoms. The van der Waals surface area contributed by atoms with Crippen LogP contribution in [-0.2, 0) is 0 Å². The summed E-state index contributed by atoms with van der Waals surface area (Å²) in [5.41, 5.74) is 9.36. The van der Waals surface area contributed by atoms with E-state index < -0.39 is 0 Å². The van der Waals surface area contributed by atoms with Crippen molar-refractivity contribution in [2.24, 2.45) is 0 Å². The molecule has 0 N–H and O–H groups in total. The maximum Gasteiger partial charge on any atom is 0.211 e. The van der Waals surface area contributed by atoms with Crippen LogP contribution >= 0.6 is 0 Å². The molecule has 0 aliphatic carbocycles. The van der Waals surface area contributed by atoms with Gasteiger partial charge in [-0.15, -0.1) is 0 Å². The lowest BCUT2D eigenvalue weighted by Crippen LogP contribution is -1.98. The van der Waals surface area contributed by atoms with Gasteiger partial charge in [-0.3, -0.25) is 0 Å². The number of para-hydroxylation sites is 4. The van der Waals surface area contributed by atoms with Crippen molar-refractivity contribution in [2.75, 3.05) is 0 Å². The Hall–Kier alpha value is -6.10. The third-order valence-electron chi connectivity index (χ3n) is 8.08. The summed E-state index contributed by atoms with van der Waals surface area (Å²) in [4.78, 5) is 3.96. The highest BCUT2D eigenvalue weighted by Crippen LogP contribution is 2.42. The van der Waals surface area contributed by atoms with Gasteiger partial charge in [-0.05, 0) is 59.2 Å². The smallest absolute Gasteiger partial charge is 0.211 e. The van der Waals surface area contributed by atoms with Crippen molar-refractivity contribution in [3.63, 3.8) is 0 Å². The lowest BCUT2D eigenvalue weighted by molar-refractivity contribution is 0.669. The normalized spacial score (nSPS) is 11.3. The highest BCUT2D eigenvalue weighted by Gasteiger charge is 2.20. The number of furan rings is 1. The first kappa shape index (κ1) is 23.8. The molecular formula is C38H21N3O. The summed E-state index contributed by atoms with van der Waals surface area (Å²) in [6.45, 7) is 8.09. The lowest BCUT2D eigenvalue weighted by atomic mass is 9.93. The van der Waals surface area contributed by atoms with Gasteiger partial charge in [0.25, 0.3) is 0 Å². The molecule has 194 valence electrons. The van der Waals surface area contributed by atoms with Crippen LogP contribution in [0.1, 0.15) is 5.56 Å². The number of benzene rings is 6. The van der Waals surface area contributed by atoms with Crippen molar-refractivity contribution < 1.29 is 4.42 Å². The Bertz CT molecular complexity index is 2390. The Morgan fingerprint density at radius 3 is 1.98 bits per heavy atom. The number of nitrogens with zero attached hydrogens (tertiary/aromatic N) is 3. The Morgan fingerprint density at radius 1 is 0.595 bits per heavy atom.